The number of methoxy groups -OCH3 is 1. The number of para-hydroxylation sites is 1. The minimum atomic E-state index is 0.146. The van der Waals surface area contributed by atoms with Gasteiger partial charge < -0.3 is 15.6 Å². The number of nitrogens with zero attached hydrogens (tertiary/aromatic N) is 1. The molecule has 0 bridgehead atoms. The fraction of sp³-hybridized carbons (Fsp3) is 0.647. The maximum atomic E-state index is 10.4. The Morgan fingerprint density at radius 2 is 2.05 bits per heavy atom. The zero-order chi connectivity index (χ0) is 15.2. The van der Waals surface area contributed by atoms with Gasteiger partial charge in [-0.1, -0.05) is 31.4 Å². The SMILES string of the molecule is COc1cccc(C(CCN)N(C)C2CCCCC2)c1O. The second-order valence-electron chi connectivity index (χ2n) is 5.95. The summed E-state index contributed by atoms with van der Waals surface area (Å²) in [4.78, 5) is 2.40. The fourth-order valence-corrected chi connectivity index (χ4v) is 3.45. The van der Waals surface area contributed by atoms with Crippen molar-refractivity contribution in [1.82, 2.24) is 4.90 Å². The average Bonchev–Trinajstić information content (AvgIpc) is 2.53. The number of rotatable bonds is 6. The van der Waals surface area contributed by atoms with Gasteiger partial charge in [-0.25, -0.2) is 0 Å². The van der Waals surface area contributed by atoms with Crippen molar-refractivity contribution in [2.24, 2.45) is 5.73 Å². The van der Waals surface area contributed by atoms with Crippen molar-refractivity contribution < 1.29 is 9.84 Å². The van der Waals surface area contributed by atoms with Gasteiger partial charge >= 0.3 is 0 Å². The van der Waals surface area contributed by atoms with E-state index >= 15 is 0 Å². The molecule has 0 radical (unpaired) electrons. The zero-order valence-electron chi connectivity index (χ0n) is 13.2. The molecule has 2 rings (SSSR count). The summed E-state index contributed by atoms with van der Waals surface area (Å²) in [5.41, 5.74) is 6.74. The van der Waals surface area contributed by atoms with Crippen LogP contribution in [0.2, 0.25) is 0 Å². The molecular weight excluding hydrogens is 264 g/mol. The van der Waals surface area contributed by atoms with Gasteiger partial charge in [0.05, 0.1) is 7.11 Å². The summed E-state index contributed by atoms with van der Waals surface area (Å²) in [5.74, 6) is 0.785. The van der Waals surface area contributed by atoms with Gasteiger partial charge in [-0.05, 0) is 38.9 Å². The Bertz CT molecular complexity index is 444. The highest BCUT2D eigenvalue weighted by Crippen LogP contribution is 2.39. The van der Waals surface area contributed by atoms with Gasteiger partial charge in [-0.15, -0.1) is 0 Å². The van der Waals surface area contributed by atoms with Crippen LogP contribution in [0.3, 0.4) is 0 Å². The summed E-state index contributed by atoms with van der Waals surface area (Å²) in [6, 6.07) is 6.44. The largest absolute Gasteiger partial charge is 0.504 e. The lowest BCUT2D eigenvalue weighted by atomic mass is 9.91. The van der Waals surface area contributed by atoms with E-state index in [9.17, 15) is 5.11 Å². The zero-order valence-corrected chi connectivity index (χ0v) is 13.2. The molecule has 0 spiro atoms. The summed E-state index contributed by atoms with van der Waals surface area (Å²) >= 11 is 0. The van der Waals surface area contributed by atoms with E-state index in [1.54, 1.807) is 13.2 Å². The monoisotopic (exact) mass is 292 g/mol. The predicted octanol–water partition coefficient (Wildman–Crippen LogP) is 3.06. The molecule has 0 saturated heterocycles. The molecule has 1 aromatic carbocycles. The van der Waals surface area contributed by atoms with Crippen molar-refractivity contribution in [3.63, 3.8) is 0 Å². The van der Waals surface area contributed by atoms with Gasteiger partial charge in [-0.3, -0.25) is 4.90 Å². The molecule has 1 fully saturated rings. The van der Waals surface area contributed by atoms with Crippen LogP contribution in [0.5, 0.6) is 11.5 Å². The normalized spacial score (nSPS) is 17.9. The molecule has 0 aromatic heterocycles. The molecule has 118 valence electrons. The first-order chi connectivity index (χ1) is 10.2. The van der Waals surface area contributed by atoms with E-state index in [2.05, 4.69) is 11.9 Å². The van der Waals surface area contributed by atoms with E-state index < -0.39 is 0 Å². The van der Waals surface area contributed by atoms with Gasteiger partial charge in [0.15, 0.2) is 11.5 Å². The number of phenolic OH excluding ortho intramolecular Hbond substituents is 1. The Morgan fingerprint density at radius 1 is 1.33 bits per heavy atom. The number of nitrogens with two attached hydrogens (primary N) is 1. The molecule has 3 N–H and O–H groups in total. The van der Waals surface area contributed by atoms with E-state index in [1.807, 2.05) is 12.1 Å². The van der Waals surface area contributed by atoms with E-state index in [0.717, 1.165) is 12.0 Å². The molecule has 1 aliphatic carbocycles. The van der Waals surface area contributed by atoms with Crippen LogP contribution in [0.25, 0.3) is 0 Å². The van der Waals surface area contributed by atoms with Gasteiger partial charge in [0.2, 0.25) is 0 Å². The third-order valence-electron chi connectivity index (χ3n) is 4.69. The topological polar surface area (TPSA) is 58.7 Å². The van der Waals surface area contributed by atoms with Gasteiger partial charge in [0, 0.05) is 17.6 Å². The highest BCUT2D eigenvalue weighted by molar-refractivity contribution is 5.47. The fourth-order valence-electron chi connectivity index (χ4n) is 3.45. The number of hydrogen-bond donors (Lipinski definition) is 2. The lowest BCUT2D eigenvalue weighted by Gasteiger charge is -2.37. The molecule has 0 heterocycles. The minimum absolute atomic E-state index is 0.146. The lowest BCUT2D eigenvalue weighted by molar-refractivity contribution is 0.130. The van der Waals surface area contributed by atoms with Crippen LogP contribution in [0.4, 0.5) is 0 Å². The van der Waals surface area contributed by atoms with Crippen LogP contribution >= 0.6 is 0 Å². The van der Waals surface area contributed by atoms with Crippen molar-refractivity contribution in [1.29, 1.82) is 0 Å². The number of hydrogen-bond acceptors (Lipinski definition) is 4. The summed E-state index contributed by atoms with van der Waals surface area (Å²) in [7, 11) is 3.75. The van der Waals surface area contributed by atoms with Crippen molar-refractivity contribution in [2.45, 2.75) is 50.6 Å². The average molecular weight is 292 g/mol. The number of benzene rings is 1. The second kappa shape index (κ2) is 7.66. The van der Waals surface area contributed by atoms with Crippen molar-refractivity contribution in [3.05, 3.63) is 23.8 Å². The second-order valence-corrected chi connectivity index (χ2v) is 5.95. The first-order valence-corrected chi connectivity index (χ1v) is 7.97. The molecule has 0 aliphatic heterocycles. The Balaban J connectivity index is 2.25. The van der Waals surface area contributed by atoms with Gasteiger partial charge in [0.1, 0.15) is 0 Å². The van der Waals surface area contributed by atoms with E-state index in [-0.39, 0.29) is 11.8 Å². The Morgan fingerprint density at radius 3 is 2.67 bits per heavy atom. The molecule has 1 atom stereocenters. The predicted molar refractivity (Wildman–Crippen MR) is 85.7 cm³/mol. The minimum Gasteiger partial charge on any atom is -0.504 e. The van der Waals surface area contributed by atoms with E-state index in [4.69, 9.17) is 10.5 Å². The van der Waals surface area contributed by atoms with Gasteiger partial charge in [-0.2, -0.15) is 0 Å². The molecule has 1 aliphatic rings. The van der Waals surface area contributed by atoms with E-state index in [0.29, 0.717) is 18.3 Å². The molecule has 4 heteroatoms. The Labute approximate surface area is 127 Å². The third-order valence-corrected chi connectivity index (χ3v) is 4.69. The first-order valence-electron chi connectivity index (χ1n) is 7.97. The summed E-state index contributed by atoms with van der Waals surface area (Å²) in [6.07, 6.45) is 7.26. The van der Waals surface area contributed by atoms with Crippen LogP contribution in [0.15, 0.2) is 18.2 Å². The van der Waals surface area contributed by atoms with Crippen molar-refractivity contribution in [2.75, 3.05) is 20.7 Å². The molecule has 4 nitrogen and oxygen atoms in total. The first kappa shape index (κ1) is 16.1. The Kier molecular flexibility index (Phi) is 5.88. The van der Waals surface area contributed by atoms with Crippen LogP contribution in [-0.4, -0.2) is 36.8 Å². The number of aromatic hydroxyl groups is 1. The highest BCUT2D eigenvalue weighted by atomic mass is 16.5. The van der Waals surface area contributed by atoms with E-state index in [1.165, 1.54) is 32.1 Å². The molecule has 1 aromatic rings. The maximum Gasteiger partial charge on any atom is 0.162 e. The molecular formula is C17H28N2O2. The molecule has 1 saturated carbocycles. The third kappa shape index (κ3) is 3.69. The highest BCUT2D eigenvalue weighted by Gasteiger charge is 2.27. The van der Waals surface area contributed by atoms with Crippen LogP contribution < -0.4 is 10.5 Å². The summed E-state index contributed by atoms with van der Waals surface area (Å²) in [5, 5.41) is 10.4. The summed E-state index contributed by atoms with van der Waals surface area (Å²) < 4.78 is 5.24. The quantitative estimate of drug-likeness (QED) is 0.846. The van der Waals surface area contributed by atoms with Crippen LogP contribution in [0.1, 0.15) is 50.1 Å². The number of ether oxygens (including phenoxy) is 1. The Hall–Kier alpha value is -1.26. The summed E-state index contributed by atoms with van der Waals surface area (Å²) in [6.45, 7) is 0.610. The molecule has 0 amide bonds. The lowest BCUT2D eigenvalue weighted by Crippen LogP contribution is -2.37. The standard InChI is InChI=1S/C17H28N2O2/c1-19(13-7-4-3-5-8-13)15(11-12-18)14-9-6-10-16(21-2)17(14)20/h6,9-10,13,15,20H,3-5,7-8,11-12,18H2,1-2H3. The van der Waals surface area contributed by atoms with Crippen LogP contribution in [-0.2, 0) is 0 Å². The smallest absolute Gasteiger partial charge is 0.162 e. The molecule has 21 heavy (non-hydrogen) atoms. The van der Waals surface area contributed by atoms with Gasteiger partial charge in [0.25, 0.3) is 0 Å². The molecule has 1 unspecified atom stereocenters. The van der Waals surface area contributed by atoms with Crippen molar-refractivity contribution >= 4 is 0 Å². The maximum absolute atomic E-state index is 10.4. The number of phenols is 1. The van der Waals surface area contributed by atoms with Crippen LogP contribution in [0, 0.1) is 0 Å². The van der Waals surface area contributed by atoms with Crippen molar-refractivity contribution in [3.8, 4) is 11.5 Å².